The van der Waals surface area contributed by atoms with Gasteiger partial charge in [-0.05, 0) is 18.6 Å². The lowest BCUT2D eigenvalue weighted by molar-refractivity contribution is -0.119. The van der Waals surface area contributed by atoms with Crippen LogP contribution < -0.4 is 10.6 Å². The lowest BCUT2D eigenvalue weighted by atomic mass is 9.94. The first kappa shape index (κ1) is 15.2. The van der Waals surface area contributed by atoms with Crippen molar-refractivity contribution in [1.29, 1.82) is 0 Å². The fourth-order valence-electron chi connectivity index (χ4n) is 2.70. The fraction of sp³-hybridized carbons (Fsp3) is 0.278. The highest BCUT2D eigenvalue weighted by Crippen LogP contribution is 2.27. The Morgan fingerprint density at radius 3 is 2.83 bits per heavy atom. The monoisotopic (exact) mass is 308 g/mol. The van der Waals surface area contributed by atoms with Gasteiger partial charge in [-0.3, -0.25) is 9.78 Å². The lowest BCUT2D eigenvalue weighted by Crippen LogP contribution is -2.33. The molecule has 0 saturated carbocycles. The summed E-state index contributed by atoms with van der Waals surface area (Å²) in [6.45, 7) is 3.90. The van der Waals surface area contributed by atoms with Crippen LogP contribution in [0, 0.1) is 0 Å². The zero-order valence-corrected chi connectivity index (χ0v) is 13.6. The molecule has 118 valence electrons. The average Bonchev–Trinajstić information content (AvgIpc) is 2.60. The summed E-state index contributed by atoms with van der Waals surface area (Å²) in [7, 11) is 1.84. The van der Waals surface area contributed by atoms with Crippen molar-refractivity contribution in [2.24, 2.45) is 0 Å². The summed E-state index contributed by atoms with van der Waals surface area (Å²) in [5.74, 6) is 0.994. The standard InChI is InChI=1S/C18H20N4O/c1-4-17(23)16-5-11(2)14(10-21-16)12-6-13-9-22-18(19-3)7-15(13)20-8-12/h5-10,16,21H,4H2,1-3H3,(H,19,22). The van der Waals surface area contributed by atoms with Crippen molar-refractivity contribution in [3.8, 4) is 0 Å². The minimum atomic E-state index is -0.225. The highest BCUT2D eigenvalue weighted by Gasteiger charge is 2.18. The summed E-state index contributed by atoms with van der Waals surface area (Å²) in [6, 6.07) is 3.77. The maximum Gasteiger partial charge on any atom is 0.158 e. The van der Waals surface area contributed by atoms with Gasteiger partial charge in [0.1, 0.15) is 11.9 Å². The molecule has 1 aliphatic heterocycles. The largest absolute Gasteiger partial charge is 0.378 e. The number of aromatic nitrogens is 2. The third-order valence-electron chi connectivity index (χ3n) is 4.08. The molecule has 1 unspecified atom stereocenters. The van der Waals surface area contributed by atoms with Crippen molar-refractivity contribution in [3.05, 3.63) is 47.9 Å². The Bertz CT molecular complexity index is 823. The van der Waals surface area contributed by atoms with Crippen molar-refractivity contribution in [3.63, 3.8) is 0 Å². The molecule has 5 nitrogen and oxygen atoms in total. The molecule has 2 N–H and O–H groups in total. The van der Waals surface area contributed by atoms with Crippen LogP contribution in [0.2, 0.25) is 0 Å². The maximum absolute atomic E-state index is 11.8. The van der Waals surface area contributed by atoms with Crippen LogP contribution in [0.15, 0.2) is 42.4 Å². The lowest BCUT2D eigenvalue weighted by Gasteiger charge is -2.21. The number of fused-ring (bicyclic) bond motifs is 1. The van der Waals surface area contributed by atoms with Gasteiger partial charge in [0.15, 0.2) is 5.78 Å². The Morgan fingerprint density at radius 2 is 2.13 bits per heavy atom. The van der Waals surface area contributed by atoms with Gasteiger partial charge in [-0.25, -0.2) is 4.98 Å². The molecule has 0 saturated heterocycles. The van der Waals surface area contributed by atoms with Gasteiger partial charge in [0, 0.05) is 54.7 Å². The SMILES string of the molecule is CCC(=O)C1C=C(C)C(c2cnc3cc(NC)ncc3c2)=CN1. The zero-order chi connectivity index (χ0) is 16.4. The molecular formula is C18H20N4O. The molecule has 0 aromatic carbocycles. The van der Waals surface area contributed by atoms with E-state index in [0.717, 1.165) is 33.4 Å². The predicted octanol–water partition coefficient (Wildman–Crippen LogP) is 2.91. The highest BCUT2D eigenvalue weighted by molar-refractivity contribution is 5.91. The van der Waals surface area contributed by atoms with Gasteiger partial charge >= 0.3 is 0 Å². The average molecular weight is 308 g/mol. The van der Waals surface area contributed by atoms with E-state index in [0.29, 0.717) is 6.42 Å². The number of hydrogen-bond donors (Lipinski definition) is 2. The molecule has 0 fully saturated rings. The Balaban J connectivity index is 1.93. The number of dihydropyridines is 1. The molecule has 3 rings (SSSR count). The first-order valence-corrected chi connectivity index (χ1v) is 7.74. The number of nitrogens with zero attached hydrogens (tertiary/aromatic N) is 2. The van der Waals surface area contributed by atoms with E-state index in [-0.39, 0.29) is 11.8 Å². The Morgan fingerprint density at radius 1 is 1.30 bits per heavy atom. The Labute approximate surface area is 135 Å². The van der Waals surface area contributed by atoms with Crippen molar-refractivity contribution < 1.29 is 4.79 Å². The molecule has 0 radical (unpaired) electrons. The number of Topliss-reactive ketones (excluding diaryl/α,β-unsaturated/α-hetero) is 1. The van der Waals surface area contributed by atoms with Crippen LogP contribution in [0.4, 0.5) is 5.82 Å². The molecule has 2 aromatic heterocycles. The Hall–Kier alpha value is -2.69. The highest BCUT2D eigenvalue weighted by atomic mass is 16.1. The minimum absolute atomic E-state index is 0.195. The van der Waals surface area contributed by atoms with Crippen LogP contribution in [0.1, 0.15) is 25.8 Å². The van der Waals surface area contributed by atoms with Crippen LogP contribution in [0.25, 0.3) is 16.5 Å². The number of anilines is 1. The number of pyridine rings is 2. The zero-order valence-electron chi connectivity index (χ0n) is 13.6. The molecule has 2 aromatic rings. The molecular weight excluding hydrogens is 288 g/mol. The molecule has 0 spiro atoms. The van der Waals surface area contributed by atoms with Gasteiger partial charge in [0.25, 0.3) is 0 Å². The summed E-state index contributed by atoms with van der Waals surface area (Å²) in [5, 5.41) is 7.17. The van der Waals surface area contributed by atoms with Gasteiger partial charge in [0.2, 0.25) is 0 Å². The minimum Gasteiger partial charge on any atom is -0.378 e. The predicted molar refractivity (Wildman–Crippen MR) is 93.0 cm³/mol. The van der Waals surface area contributed by atoms with E-state index >= 15 is 0 Å². The van der Waals surface area contributed by atoms with E-state index in [4.69, 9.17) is 0 Å². The summed E-state index contributed by atoms with van der Waals surface area (Å²) in [4.78, 5) is 20.7. The molecule has 0 amide bonds. The fourth-order valence-corrected chi connectivity index (χ4v) is 2.70. The first-order chi connectivity index (χ1) is 11.1. The van der Waals surface area contributed by atoms with E-state index < -0.39 is 0 Å². The quantitative estimate of drug-likeness (QED) is 0.909. The molecule has 23 heavy (non-hydrogen) atoms. The van der Waals surface area contributed by atoms with Crippen LogP contribution in [0.5, 0.6) is 0 Å². The van der Waals surface area contributed by atoms with Crippen LogP contribution in [0.3, 0.4) is 0 Å². The summed E-state index contributed by atoms with van der Waals surface area (Å²) in [5.41, 5.74) is 4.05. The number of nitrogens with one attached hydrogen (secondary N) is 2. The number of allylic oxidation sites excluding steroid dienone is 2. The van der Waals surface area contributed by atoms with E-state index in [1.807, 2.05) is 51.6 Å². The van der Waals surface area contributed by atoms with E-state index in [1.165, 1.54) is 0 Å². The van der Waals surface area contributed by atoms with E-state index in [1.54, 1.807) is 0 Å². The third kappa shape index (κ3) is 2.95. The number of rotatable bonds is 4. The number of ketones is 1. The van der Waals surface area contributed by atoms with Crippen LogP contribution >= 0.6 is 0 Å². The topological polar surface area (TPSA) is 66.9 Å². The molecule has 0 aliphatic carbocycles. The second-order valence-electron chi connectivity index (χ2n) is 5.61. The molecule has 3 heterocycles. The van der Waals surface area contributed by atoms with Gasteiger partial charge in [-0.2, -0.15) is 0 Å². The van der Waals surface area contributed by atoms with E-state index in [2.05, 4.69) is 26.7 Å². The van der Waals surface area contributed by atoms with Gasteiger partial charge in [0.05, 0.1) is 5.52 Å². The van der Waals surface area contributed by atoms with Crippen molar-refractivity contribution in [2.75, 3.05) is 12.4 Å². The van der Waals surface area contributed by atoms with Crippen molar-refractivity contribution in [1.82, 2.24) is 15.3 Å². The smallest absolute Gasteiger partial charge is 0.158 e. The second kappa shape index (κ2) is 6.20. The van der Waals surface area contributed by atoms with Crippen LogP contribution in [-0.4, -0.2) is 28.8 Å². The summed E-state index contributed by atoms with van der Waals surface area (Å²) in [6.07, 6.45) is 8.09. The van der Waals surface area contributed by atoms with Crippen LogP contribution in [-0.2, 0) is 4.79 Å². The van der Waals surface area contributed by atoms with Crippen molar-refractivity contribution >= 4 is 28.1 Å². The number of carbonyl (C=O) groups is 1. The first-order valence-electron chi connectivity index (χ1n) is 7.74. The molecule has 0 bridgehead atoms. The normalized spacial score (nSPS) is 17.3. The van der Waals surface area contributed by atoms with Gasteiger partial charge in [-0.1, -0.05) is 13.0 Å². The Kier molecular flexibility index (Phi) is 4.10. The summed E-state index contributed by atoms with van der Waals surface area (Å²) >= 11 is 0. The molecule has 1 atom stereocenters. The summed E-state index contributed by atoms with van der Waals surface area (Å²) < 4.78 is 0. The number of hydrogen-bond acceptors (Lipinski definition) is 5. The maximum atomic E-state index is 11.8. The van der Waals surface area contributed by atoms with E-state index in [9.17, 15) is 4.79 Å². The number of carbonyl (C=O) groups excluding carboxylic acids is 1. The third-order valence-corrected chi connectivity index (χ3v) is 4.08. The van der Waals surface area contributed by atoms with Crippen molar-refractivity contribution in [2.45, 2.75) is 26.3 Å². The second-order valence-corrected chi connectivity index (χ2v) is 5.61. The van der Waals surface area contributed by atoms with Gasteiger partial charge < -0.3 is 10.6 Å². The molecule has 1 aliphatic rings. The molecule has 5 heteroatoms. The van der Waals surface area contributed by atoms with Gasteiger partial charge in [-0.15, -0.1) is 0 Å².